The molecule has 7 heteroatoms. The molecule has 5 nitrogen and oxygen atoms in total. The van der Waals surface area contributed by atoms with Gasteiger partial charge in [0.1, 0.15) is 0 Å². The third-order valence-corrected chi connectivity index (χ3v) is 5.04. The zero-order valence-corrected chi connectivity index (χ0v) is 14.6. The number of nitrogens with one attached hydrogen (secondary N) is 1. The summed E-state index contributed by atoms with van der Waals surface area (Å²) in [5.41, 5.74) is 2.07. The van der Waals surface area contributed by atoms with Gasteiger partial charge < -0.3 is 15.0 Å². The van der Waals surface area contributed by atoms with Gasteiger partial charge in [-0.05, 0) is 13.0 Å². The zero-order valence-electron chi connectivity index (χ0n) is 13.0. The molecule has 2 N–H and O–H groups in total. The number of aliphatic hydroxyl groups excluding tert-OH is 1. The van der Waals surface area contributed by atoms with Crippen LogP contribution in [0.5, 0.6) is 0 Å². The van der Waals surface area contributed by atoms with Crippen LogP contribution in [0, 0.1) is 0 Å². The topological polar surface area (TPSA) is 63.0 Å². The van der Waals surface area contributed by atoms with Crippen molar-refractivity contribution < 1.29 is 5.11 Å². The smallest absolute Gasteiger partial charge is 0.169 e. The molecule has 4 rings (SSSR count). The van der Waals surface area contributed by atoms with Crippen molar-refractivity contribution in [3.63, 3.8) is 0 Å². The molecule has 1 aliphatic heterocycles. The Labute approximate surface area is 150 Å². The second-order valence-electron chi connectivity index (χ2n) is 5.69. The predicted molar refractivity (Wildman–Crippen MR) is 98.5 cm³/mol. The van der Waals surface area contributed by atoms with Crippen molar-refractivity contribution in [1.29, 1.82) is 0 Å². The normalized spacial score (nSPS) is 20.5. The number of halogens is 1. The van der Waals surface area contributed by atoms with Crippen LogP contribution < -0.4 is 5.32 Å². The van der Waals surface area contributed by atoms with Gasteiger partial charge in [0.25, 0.3) is 0 Å². The van der Waals surface area contributed by atoms with Crippen LogP contribution in [0.3, 0.4) is 0 Å². The van der Waals surface area contributed by atoms with Crippen molar-refractivity contribution in [1.82, 2.24) is 19.9 Å². The largest absolute Gasteiger partial charge is 0.390 e. The number of nitrogens with zero attached hydrogens (tertiary/aromatic N) is 3. The van der Waals surface area contributed by atoms with Gasteiger partial charge >= 0.3 is 0 Å². The first kappa shape index (κ1) is 17.1. The highest BCUT2D eigenvalue weighted by Gasteiger charge is 2.27. The van der Waals surface area contributed by atoms with E-state index in [-0.39, 0.29) is 18.4 Å². The fraction of sp³-hybridized carbons (Fsp3) is 0.294. The minimum absolute atomic E-state index is 0. The second kappa shape index (κ2) is 7.44. The number of imidazole rings is 1. The quantitative estimate of drug-likeness (QED) is 0.751. The van der Waals surface area contributed by atoms with Crippen molar-refractivity contribution in [3.8, 4) is 22.1 Å². The zero-order chi connectivity index (χ0) is 15.6. The van der Waals surface area contributed by atoms with Gasteiger partial charge in [0.2, 0.25) is 0 Å². The standard InChI is InChI=1S/C17H18N4OS.ClH/c22-15-10-18-7-6-14(15)21-9-8-19-16(21)17-20-13(11-23-17)12-4-2-1-3-5-12;/h1-5,8-9,11,14-15,18,22H,6-7,10H2;1H/t14-,15-;/m0./s1. The number of hydrogen-bond donors (Lipinski definition) is 2. The van der Waals surface area contributed by atoms with E-state index in [1.165, 1.54) is 0 Å². The Balaban J connectivity index is 0.00000169. The molecule has 3 heterocycles. The summed E-state index contributed by atoms with van der Waals surface area (Å²) in [6.07, 6.45) is 4.22. The molecule has 126 valence electrons. The van der Waals surface area contributed by atoms with E-state index in [2.05, 4.69) is 32.4 Å². The van der Waals surface area contributed by atoms with E-state index in [9.17, 15) is 5.11 Å². The van der Waals surface area contributed by atoms with Crippen molar-refractivity contribution in [3.05, 3.63) is 48.1 Å². The highest BCUT2D eigenvalue weighted by Crippen LogP contribution is 2.31. The maximum atomic E-state index is 10.3. The van der Waals surface area contributed by atoms with E-state index < -0.39 is 6.10 Å². The molecule has 2 aromatic heterocycles. The Morgan fingerprint density at radius 2 is 2.08 bits per heavy atom. The molecule has 2 atom stereocenters. The van der Waals surface area contributed by atoms with Crippen LogP contribution in [0.1, 0.15) is 12.5 Å². The van der Waals surface area contributed by atoms with E-state index in [0.29, 0.717) is 6.54 Å². The van der Waals surface area contributed by atoms with E-state index in [1.807, 2.05) is 24.4 Å². The molecule has 0 aliphatic carbocycles. The van der Waals surface area contributed by atoms with Crippen LogP contribution in [0.4, 0.5) is 0 Å². The van der Waals surface area contributed by atoms with E-state index in [1.54, 1.807) is 17.5 Å². The first-order valence-electron chi connectivity index (χ1n) is 7.76. The maximum Gasteiger partial charge on any atom is 0.169 e. The Morgan fingerprint density at radius 1 is 1.25 bits per heavy atom. The number of hydrogen-bond acceptors (Lipinski definition) is 5. The molecular weight excluding hydrogens is 344 g/mol. The van der Waals surface area contributed by atoms with Gasteiger partial charge in [-0.3, -0.25) is 0 Å². The summed E-state index contributed by atoms with van der Waals surface area (Å²) in [4.78, 5) is 9.22. The summed E-state index contributed by atoms with van der Waals surface area (Å²) in [5, 5.41) is 16.4. The Morgan fingerprint density at radius 3 is 2.88 bits per heavy atom. The maximum absolute atomic E-state index is 10.3. The molecule has 0 amide bonds. The van der Waals surface area contributed by atoms with Gasteiger partial charge in [0.05, 0.1) is 17.8 Å². The molecule has 0 unspecified atom stereocenters. The molecule has 1 saturated heterocycles. The molecule has 1 aliphatic rings. The van der Waals surface area contributed by atoms with Gasteiger partial charge in [-0.2, -0.15) is 0 Å². The third-order valence-electron chi connectivity index (χ3n) is 4.21. The highest BCUT2D eigenvalue weighted by atomic mass is 35.5. The average Bonchev–Trinajstić information content (AvgIpc) is 3.25. The lowest BCUT2D eigenvalue weighted by atomic mass is 10.0. The van der Waals surface area contributed by atoms with Crippen molar-refractivity contribution in [2.24, 2.45) is 0 Å². The summed E-state index contributed by atoms with van der Waals surface area (Å²) in [5.74, 6) is 0.836. The van der Waals surface area contributed by atoms with Crippen LogP contribution in [-0.4, -0.2) is 38.8 Å². The molecule has 0 radical (unpaired) electrons. The lowest BCUT2D eigenvalue weighted by molar-refractivity contribution is 0.0880. The predicted octanol–water partition coefficient (Wildman–Crippen LogP) is 2.99. The number of β-amino-alcohol motifs (C(OH)–C–C–N with tert-alkyl or cyclic N) is 1. The molecule has 3 aromatic rings. The SMILES string of the molecule is Cl.O[C@H]1CNCC[C@@H]1n1ccnc1-c1nc(-c2ccccc2)cs1. The first-order valence-corrected chi connectivity index (χ1v) is 8.64. The van der Waals surface area contributed by atoms with Crippen molar-refractivity contribution in [2.75, 3.05) is 13.1 Å². The summed E-state index contributed by atoms with van der Waals surface area (Å²) in [7, 11) is 0. The molecule has 1 fully saturated rings. The molecular formula is C17H19ClN4OS. The van der Waals surface area contributed by atoms with Crippen LogP contribution in [0.25, 0.3) is 22.1 Å². The summed E-state index contributed by atoms with van der Waals surface area (Å²) in [6, 6.07) is 10.2. The highest BCUT2D eigenvalue weighted by molar-refractivity contribution is 7.13. The fourth-order valence-corrected chi connectivity index (χ4v) is 3.84. The third kappa shape index (κ3) is 3.23. The number of thiazole rings is 1. The number of benzene rings is 1. The van der Waals surface area contributed by atoms with Crippen LogP contribution in [0.2, 0.25) is 0 Å². The van der Waals surface area contributed by atoms with Gasteiger partial charge in [0.15, 0.2) is 10.8 Å². The Hall–Kier alpha value is -1.73. The van der Waals surface area contributed by atoms with E-state index >= 15 is 0 Å². The molecule has 0 bridgehead atoms. The average molecular weight is 363 g/mol. The second-order valence-corrected chi connectivity index (χ2v) is 6.55. The molecule has 0 spiro atoms. The van der Waals surface area contributed by atoms with Gasteiger partial charge in [-0.1, -0.05) is 30.3 Å². The summed E-state index contributed by atoms with van der Waals surface area (Å²) in [6.45, 7) is 1.53. The van der Waals surface area contributed by atoms with Crippen molar-refractivity contribution >= 4 is 23.7 Å². The Kier molecular flexibility index (Phi) is 5.30. The summed E-state index contributed by atoms with van der Waals surface area (Å²) >= 11 is 1.59. The molecule has 24 heavy (non-hydrogen) atoms. The van der Waals surface area contributed by atoms with E-state index in [0.717, 1.165) is 35.1 Å². The van der Waals surface area contributed by atoms with Gasteiger partial charge in [-0.15, -0.1) is 23.7 Å². The van der Waals surface area contributed by atoms with Crippen LogP contribution in [0.15, 0.2) is 48.1 Å². The van der Waals surface area contributed by atoms with Gasteiger partial charge in [0, 0.05) is 29.9 Å². The monoisotopic (exact) mass is 362 g/mol. The van der Waals surface area contributed by atoms with Crippen LogP contribution >= 0.6 is 23.7 Å². The minimum atomic E-state index is -0.398. The fourth-order valence-electron chi connectivity index (χ4n) is 3.02. The number of aromatic nitrogens is 3. The number of aliphatic hydroxyl groups is 1. The van der Waals surface area contributed by atoms with Crippen LogP contribution in [-0.2, 0) is 0 Å². The number of rotatable bonds is 3. The van der Waals surface area contributed by atoms with Crippen molar-refractivity contribution in [2.45, 2.75) is 18.6 Å². The number of piperidine rings is 1. The first-order chi connectivity index (χ1) is 11.3. The van der Waals surface area contributed by atoms with Gasteiger partial charge in [-0.25, -0.2) is 9.97 Å². The Bertz CT molecular complexity index is 789. The minimum Gasteiger partial charge on any atom is -0.390 e. The molecule has 0 saturated carbocycles. The lowest BCUT2D eigenvalue weighted by Gasteiger charge is -2.30. The molecule has 1 aromatic carbocycles. The van der Waals surface area contributed by atoms with E-state index in [4.69, 9.17) is 4.98 Å². The lowest BCUT2D eigenvalue weighted by Crippen LogP contribution is -2.41. The summed E-state index contributed by atoms with van der Waals surface area (Å²) < 4.78 is 2.07.